The highest BCUT2D eigenvalue weighted by atomic mass is 35.5. The van der Waals surface area contributed by atoms with Gasteiger partial charge in [0.1, 0.15) is 5.60 Å². The first-order valence-corrected chi connectivity index (χ1v) is 13.3. The van der Waals surface area contributed by atoms with Gasteiger partial charge in [0, 0.05) is 28.4 Å². The quantitative estimate of drug-likeness (QED) is 0.360. The van der Waals surface area contributed by atoms with Gasteiger partial charge in [-0.2, -0.15) is 0 Å². The van der Waals surface area contributed by atoms with Crippen LogP contribution in [0.5, 0.6) is 0 Å². The van der Waals surface area contributed by atoms with Crippen molar-refractivity contribution in [1.29, 1.82) is 0 Å². The molecule has 1 aliphatic heterocycles. The maximum atomic E-state index is 13.0. The van der Waals surface area contributed by atoms with Gasteiger partial charge in [0.2, 0.25) is 5.89 Å². The van der Waals surface area contributed by atoms with E-state index in [4.69, 9.17) is 20.8 Å². The van der Waals surface area contributed by atoms with Gasteiger partial charge in [-0.25, -0.2) is 9.69 Å². The second kappa shape index (κ2) is 12.4. The average Bonchev–Trinajstić information content (AvgIpc) is 3.36. The van der Waals surface area contributed by atoms with Crippen LogP contribution in [0.4, 0.5) is 16.5 Å². The Kier molecular flexibility index (Phi) is 9.01. The summed E-state index contributed by atoms with van der Waals surface area (Å²) in [5, 5.41) is 11.6. The fourth-order valence-corrected chi connectivity index (χ4v) is 4.38. The molecule has 1 N–H and O–H groups in total. The molecule has 3 aromatic rings. The molecule has 0 bridgehead atoms. The highest BCUT2D eigenvalue weighted by molar-refractivity contribution is 6.31. The van der Waals surface area contributed by atoms with Crippen molar-refractivity contribution in [2.24, 2.45) is 0 Å². The summed E-state index contributed by atoms with van der Waals surface area (Å²) in [6.07, 6.45) is 3.95. The van der Waals surface area contributed by atoms with Crippen LogP contribution in [0.1, 0.15) is 56.8 Å². The summed E-state index contributed by atoms with van der Waals surface area (Å²) >= 11 is 5.98. The molecule has 1 aromatic heterocycles. The molecule has 0 spiro atoms. The first-order valence-electron chi connectivity index (χ1n) is 12.9. The number of rotatable bonds is 8. The molecule has 0 radical (unpaired) electrons. The molecule has 1 fully saturated rings. The fourth-order valence-electron chi connectivity index (χ4n) is 4.19. The van der Waals surface area contributed by atoms with E-state index in [9.17, 15) is 9.59 Å². The van der Waals surface area contributed by atoms with Crippen LogP contribution in [0.2, 0.25) is 5.02 Å². The van der Waals surface area contributed by atoms with Crippen LogP contribution < -0.4 is 10.2 Å². The van der Waals surface area contributed by atoms with Crippen LogP contribution in [-0.2, 0) is 4.74 Å². The molecule has 9 nitrogen and oxygen atoms in total. The van der Waals surface area contributed by atoms with E-state index < -0.39 is 11.7 Å². The number of carbonyl (C=O) groups is 2. The Balaban J connectivity index is 1.43. The van der Waals surface area contributed by atoms with Crippen LogP contribution in [0.15, 0.2) is 52.9 Å². The van der Waals surface area contributed by atoms with Gasteiger partial charge < -0.3 is 19.4 Å². The smallest absolute Gasteiger partial charge is 0.418 e. The molecule has 0 aliphatic carbocycles. The Morgan fingerprint density at radius 1 is 1.08 bits per heavy atom. The van der Waals surface area contributed by atoms with Crippen LogP contribution in [0.25, 0.3) is 11.5 Å². The van der Waals surface area contributed by atoms with Gasteiger partial charge in [-0.1, -0.05) is 29.2 Å². The number of carbonyl (C=O) groups excluding carboxylic acids is 2. The van der Waals surface area contributed by atoms with Gasteiger partial charge in [0.15, 0.2) is 0 Å². The number of piperidine rings is 1. The maximum absolute atomic E-state index is 13.0. The average molecular weight is 540 g/mol. The second-order valence-electron chi connectivity index (χ2n) is 10.3. The van der Waals surface area contributed by atoms with Gasteiger partial charge in [0.05, 0.1) is 0 Å². The number of amides is 2. The van der Waals surface area contributed by atoms with Crippen molar-refractivity contribution in [1.82, 2.24) is 15.1 Å². The summed E-state index contributed by atoms with van der Waals surface area (Å²) in [7, 11) is 0. The van der Waals surface area contributed by atoms with E-state index >= 15 is 0 Å². The van der Waals surface area contributed by atoms with E-state index in [-0.39, 0.29) is 17.8 Å². The maximum Gasteiger partial charge on any atom is 0.418 e. The summed E-state index contributed by atoms with van der Waals surface area (Å²) in [6, 6.07) is 13.8. The minimum Gasteiger partial charge on any atom is -0.443 e. The second-order valence-corrected chi connectivity index (χ2v) is 10.8. The first kappa shape index (κ1) is 27.6. The molecular formula is C28H34ClN5O4. The molecule has 38 heavy (non-hydrogen) atoms. The number of nitrogens with one attached hydrogen (secondary N) is 1. The predicted molar refractivity (Wildman–Crippen MR) is 148 cm³/mol. The third kappa shape index (κ3) is 7.79. The lowest BCUT2D eigenvalue weighted by atomic mass is 10.1. The van der Waals surface area contributed by atoms with E-state index in [0.717, 1.165) is 26.1 Å². The SMILES string of the molecule is CC(C)(C)OC(=O)N(CCCN1CCCCC1)c1nnc(-c2ccc(NC(=O)c3cccc(Cl)c3)cc2)o1. The van der Waals surface area contributed by atoms with Crippen molar-refractivity contribution in [3.63, 3.8) is 0 Å². The van der Waals surface area contributed by atoms with Crippen LogP contribution in [-0.4, -0.2) is 58.9 Å². The minimum atomic E-state index is -0.656. The highest BCUT2D eigenvalue weighted by Gasteiger charge is 2.27. The number of aromatic nitrogens is 2. The Morgan fingerprint density at radius 3 is 2.50 bits per heavy atom. The van der Waals surface area contributed by atoms with Crippen LogP contribution in [0.3, 0.4) is 0 Å². The molecule has 2 aromatic carbocycles. The van der Waals surface area contributed by atoms with Crippen molar-refractivity contribution in [2.45, 2.75) is 52.1 Å². The molecule has 0 atom stereocenters. The van der Waals surface area contributed by atoms with E-state index in [0.29, 0.717) is 28.4 Å². The summed E-state index contributed by atoms with van der Waals surface area (Å²) in [4.78, 5) is 29.3. The normalized spacial score (nSPS) is 14.2. The third-order valence-corrected chi connectivity index (χ3v) is 6.28. The molecule has 2 heterocycles. The summed E-state index contributed by atoms with van der Waals surface area (Å²) in [5.74, 6) is -0.00445. The van der Waals surface area contributed by atoms with Crippen LogP contribution in [0, 0.1) is 0 Å². The van der Waals surface area contributed by atoms with E-state index in [2.05, 4.69) is 20.4 Å². The van der Waals surface area contributed by atoms with Gasteiger partial charge in [-0.15, -0.1) is 5.10 Å². The molecule has 1 aliphatic rings. The van der Waals surface area contributed by atoms with E-state index in [1.165, 1.54) is 24.2 Å². The highest BCUT2D eigenvalue weighted by Crippen LogP contribution is 2.25. The Hall–Kier alpha value is -3.43. The standard InChI is InChI=1S/C28H34ClN5O4/c1-28(2,3)38-27(36)34(18-8-17-33-15-5-4-6-16-33)26-32-31-25(37-26)20-11-13-23(14-12-20)30-24(35)21-9-7-10-22(29)19-21/h7,9-14,19H,4-6,8,15-18H2,1-3H3,(H,30,35). The Bertz CT molecular complexity index is 1230. The predicted octanol–water partition coefficient (Wildman–Crippen LogP) is 6.26. The number of benzene rings is 2. The van der Waals surface area contributed by atoms with Crippen molar-refractivity contribution in [3.8, 4) is 11.5 Å². The molecule has 202 valence electrons. The fraction of sp³-hybridized carbons (Fsp3) is 0.429. The van der Waals surface area contributed by atoms with Gasteiger partial charge >= 0.3 is 12.1 Å². The largest absolute Gasteiger partial charge is 0.443 e. The monoisotopic (exact) mass is 539 g/mol. The molecular weight excluding hydrogens is 506 g/mol. The molecule has 4 rings (SSSR count). The number of halogens is 1. The lowest BCUT2D eigenvalue weighted by molar-refractivity contribution is 0.0571. The summed E-state index contributed by atoms with van der Waals surface area (Å²) in [6.45, 7) is 8.94. The van der Waals surface area contributed by atoms with Crippen molar-refractivity contribution >= 4 is 35.3 Å². The molecule has 1 saturated heterocycles. The van der Waals surface area contributed by atoms with Gasteiger partial charge in [-0.3, -0.25) is 4.79 Å². The summed E-state index contributed by atoms with van der Waals surface area (Å²) < 4.78 is 11.5. The molecule has 0 unspecified atom stereocenters. The van der Waals surface area contributed by atoms with E-state index in [1.54, 1.807) is 48.5 Å². The first-order chi connectivity index (χ1) is 18.2. The van der Waals surface area contributed by atoms with Crippen molar-refractivity contribution in [3.05, 3.63) is 59.1 Å². The topological polar surface area (TPSA) is 101 Å². The number of ether oxygens (including phenoxy) is 1. The molecule has 0 saturated carbocycles. The number of hydrogen-bond donors (Lipinski definition) is 1. The zero-order chi connectivity index (χ0) is 27.1. The lowest BCUT2D eigenvalue weighted by Crippen LogP contribution is -2.39. The lowest BCUT2D eigenvalue weighted by Gasteiger charge is -2.28. The molecule has 10 heteroatoms. The van der Waals surface area contributed by atoms with Gasteiger partial charge in [-0.05, 0) is 102 Å². The number of hydrogen-bond acceptors (Lipinski definition) is 7. The third-order valence-electron chi connectivity index (χ3n) is 6.04. The van der Waals surface area contributed by atoms with Crippen molar-refractivity contribution < 1.29 is 18.7 Å². The Labute approximate surface area is 228 Å². The van der Waals surface area contributed by atoms with Crippen LogP contribution >= 0.6 is 11.6 Å². The van der Waals surface area contributed by atoms with Crippen molar-refractivity contribution in [2.75, 3.05) is 36.4 Å². The number of likely N-dealkylation sites (tertiary alicyclic amines) is 1. The zero-order valence-corrected chi connectivity index (χ0v) is 22.8. The minimum absolute atomic E-state index is 0.0891. The number of anilines is 2. The Morgan fingerprint density at radius 2 is 1.82 bits per heavy atom. The summed E-state index contributed by atoms with van der Waals surface area (Å²) in [5.41, 5.74) is 1.07. The van der Waals surface area contributed by atoms with E-state index in [1.807, 2.05) is 20.8 Å². The molecule has 2 amide bonds. The zero-order valence-electron chi connectivity index (χ0n) is 22.1. The van der Waals surface area contributed by atoms with Gasteiger partial charge in [0.25, 0.3) is 5.91 Å². The number of nitrogens with zero attached hydrogens (tertiary/aromatic N) is 4.